The van der Waals surface area contributed by atoms with Gasteiger partial charge in [0.1, 0.15) is 0 Å². The molecule has 1 saturated heterocycles. The van der Waals surface area contributed by atoms with Crippen LogP contribution in [-0.2, 0) is 0 Å². The van der Waals surface area contributed by atoms with Crippen molar-refractivity contribution in [3.8, 4) is 12.3 Å². The predicted molar refractivity (Wildman–Crippen MR) is 60.9 cm³/mol. The summed E-state index contributed by atoms with van der Waals surface area (Å²) in [5.41, 5.74) is 5.92. The quantitative estimate of drug-likeness (QED) is 0.691. The average Bonchev–Trinajstić information content (AvgIpc) is 2.15. The van der Waals surface area contributed by atoms with E-state index in [0.29, 0.717) is 18.1 Å². The molecule has 0 radical (unpaired) electrons. The Bertz CT molecular complexity index is 207. The molecule has 2 nitrogen and oxygen atoms in total. The zero-order chi connectivity index (χ0) is 10.6. The summed E-state index contributed by atoms with van der Waals surface area (Å²) in [6, 6.07) is 1.25. The highest BCUT2D eigenvalue weighted by molar-refractivity contribution is 5.02. The molecule has 1 aliphatic heterocycles. The lowest BCUT2D eigenvalue weighted by atomic mass is 9.96. The Morgan fingerprint density at radius 3 is 2.86 bits per heavy atom. The molecule has 0 aromatic carbocycles. The van der Waals surface area contributed by atoms with Crippen LogP contribution < -0.4 is 5.73 Å². The van der Waals surface area contributed by atoms with E-state index in [2.05, 4.69) is 24.7 Å². The largest absolute Gasteiger partial charge is 0.328 e. The Hall–Kier alpha value is -0.520. The SMILES string of the molecule is C#CC(CCC)N1CCC(N)CC1C. The lowest BCUT2D eigenvalue weighted by molar-refractivity contribution is 0.117. The summed E-state index contributed by atoms with van der Waals surface area (Å²) in [5, 5.41) is 0. The first-order chi connectivity index (χ1) is 6.69. The first-order valence-electron chi connectivity index (χ1n) is 5.66. The fraction of sp³-hybridized carbons (Fsp3) is 0.833. The van der Waals surface area contributed by atoms with E-state index in [-0.39, 0.29) is 0 Å². The van der Waals surface area contributed by atoms with Crippen LogP contribution in [0.2, 0.25) is 0 Å². The van der Waals surface area contributed by atoms with E-state index in [4.69, 9.17) is 12.2 Å². The molecule has 3 unspecified atom stereocenters. The minimum Gasteiger partial charge on any atom is -0.328 e. The zero-order valence-corrected chi connectivity index (χ0v) is 9.37. The van der Waals surface area contributed by atoms with Crippen molar-refractivity contribution in [2.45, 2.75) is 57.7 Å². The normalized spacial score (nSPS) is 31.0. The number of rotatable bonds is 3. The second kappa shape index (κ2) is 5.38. The van der Waals surface area contributed by atoms with Gasteiger partial charge in [-0.3, -0.25) is 4.90 Å². The van der Waals surface area contributed by atoms with Gasteiger partial charge in [-0.1, -0.05) is 19.3 Å². The second-order valence-corrected chi connectivity index (χ2v) is 4.34. The lowest BCUT2D eigenvalue weighted by Gasteiger charge is -2.39. The molecule has 0 spiro atoms. The van der Waals surface area contributed by atoms with Crippen molar-refractivity contribution in [2.24, 2.45) is 5.73 Å². The maximum Gasteiger partial charge on any atom is 0.0714 e. The van der Waals surface area contributed by atoms with E-state index in [1.807, 2.05) is 0 Å². The number of nitrogens with zero attached hydrogens (tertiary/aromatic N) is 1. The van der Waals surface area contributed by atoms with Crippen molar-refractivity contribution < 1.29 is 0 Å². The van der Waals surface area contributed by atoms with Crippen LogP contribution in [0, 0.1) is 12.3 Å². The molecule has 1 rings (SSSR count). The van der Waals surface area contributed by atoms with Crippen LogP contribution in [0.5, 0.6) is 0 Å². The minimum absolute atomic E-state index is 0.322. The third-order valence-electron chi connectivity index (χ3n) is 3.12. The highest BCUT2D eigenvalue weighted by atomic mass is 15.2. The number of nitrogens with two attached hydrogens (primary N) is 1. The fourth-order valence-electron chi connectivity index (χ4n) is 2.31. The van der Waals surface area contributed by atoms with E-state index in [1.165, 1.54) is 0 Å². The van der Waals surface area contributed by atoms with E-state index < -0.39 is 0 Å². The third-order valence-corrected chi connectivity index (χ3v) is 3.12. The van der Waals surface area contributed by atoms with Gasteiger partial charge in [-0.2, -0.15) is 0 Å². The van der Waals surface area contributed by atoms with Crippen LogP contribution in [0.15, 0.2) is 0 Å². The number of terminal acetylenes is 1. The van der Waals surface area contributed by atoms with Gasteiger partial charge in [0.25, 0.3) is 0 Å². The molecule has 14 heavy (non-hydrogen) atoms. The van der Waals surface area contributed by atoms with Gasteiger partial charge in [0.2, 0.25) is 0 Å². The summed E-state index contributed by atoms with van der Waals surface area (Å²) in [7, 11) is 0. The summed E-state index contributed by atoms with van der Waals surface area (Å²) in [4.78, 5) is 2.44. The minimum atomic E-state index is 0.322. The molecule has 0 aliphatic carbocycles. The molecule has 0 bridgehead atoms. The molecule has 80 valence electrons. The van der Waals surface area contributed by atoms with Crippen LogP contribution in [0.1, 0.15) is 39.5 Å². The first-order valence-corrected chi connectivity index (χ1v) is 5.66. The van der Waals surface area contributed by atoms with Crippen molar-refractivity contribution in [3.05, 3.63) is 0 Å². The van der Waals surface area contributed by atoms with Gasteiger partial charge >= 0.3 is 0 Å². The highest BCUT2D eigenvalue weighted by Gasteiger charge is 2.27. The van der Waals surface area contributed by atoms with Crippen molar-refractivity contribution >= 4 is 0 Å². The Labute approximate surface area is 87.8 Å². The van der Waals surface area contributed by atoms with E-state index in [9.17, 15) is 0 Å². The summed E-state index contributed by atoms with van der Waals surface area (Å²) in [6.07, 6.45) is 10.0. The van der Waals surface area contributed by atoms with Crippen molar-refractivity contribution in [1.82, 2.24) is 4.90 Å². The fourth-order valence-corrected chi connectivity index (χ4v) is 2.31. The topological polar surface area (TPSA) is 29.3 Å². The monoisotopic (exact) mass is 194 g/mol. The van der Waals surface area contributed by atoms with E-state index in [1.54, 1.807) is 0 Å². The summed E-state index contributed by atoms with van der Waals surface area (Å²) in [6.45, 7) is 5.49. The molecule has 1 aliphatic rings. The third kappa shape index (κ3) is 2.73. The van der Waals surface area contributed by atoms with Crippen LogP contribution in [-0.4, -0.2) is 29.6 Å². The number of hydrogen-bond donors (Lipinski definition) is 1. The zero-order valence-electron chi connectivity index (χ0n) is 9.37. The maximum absolute atomic E-state index is 5.92. The van der Waals surface area contributed by atoms with Crippen molar-refractivity contribution in [2.75, 3.05) is 6.54 Å². The number of piperidine rings is 1. The van der Waals surface area contributed by atoms with Crippen LogP contribution in [0.25, 0.3) is 0 Å². The van der Waals surface area contributed by atoms with Gasteiger partial charge < -0.3 is 5.73 Å². The van der Waals surface area contributed by atoms with Crippen molar-refractivity contribution in [1.29, 1.82) is 0 Å². The molecule has 0 aromatic rings. The predicted octanol–water partition coefficient (Wildman–Crippen LogP) is 1.60. The Balaban J connectivity index is 2.54. The molecule has 0 aromatic heterocycles. The maximum atomic E-state index is 5.92. The molecule has 2 heteroatoms. The van der Waals surface area contributed by atoms with Gasteiger partial charge in [0, 0.05) is 18.6 Å². The second-order valence-electron chi connectivity index (χ2n) is 4.34. The van der Waals surface area contributed by atoms with Gasteiger partial charge in [-0.25, -0.2) is 0 Å². The Kier molecular flexibility index (Phi) is 4.44. The molecular formula is C12H22N2. The first kappa shape index (κ1) is 11.6. The highest BCUT2D eigenvalue weighted by Crippen LogP contribution is 2.20. The van der Waals surface area contributed by atoms with Gasteiger partial charge in [-0.15, -0.1) is 6.42 Å². The summed E-state index contributed by atoms with van der Waals surface area (Å²) in [5.74, 6) is 2.90. The Morgan fingerprint density at radius 2 is 2.36 bits per heavy atom. The molecule has 0 amide bonds. The van der Waals surface area contributed by atoms with E-state index in [0.717, 1.165) is 32.2 Å². The summed E-state index contributed by atoms with van der Waals surface area (Å²) < 4.78 is 0. The van der Waals surface area contributed by atoms with Gasteiger partial charge in [-0.05, 0) is 26.2 Å². The summed E-state index contributed by atoms with van der Waals surface area (Å²) >= 11 is 0. The smallest absolute Gasteiger partial charge is 0.0714 e. The number of hydrogen-bond acceptors (Lipinski definition) is 2. The average molecular weight is 194 g/mol. The van der Waals surface area contributed by atoms with Gasteiger partial charge in [0.15, 0.2) is 0 Å². The molecule has 2 N–H and O–H groups in total. The van der Waals surface area contributed by atoms with Crippen LogP contribution in [0.3, 0.4) is 0 Å². The van der Waals surface area contributed by atoms with E-state index >= 15 is 0 Å². The molecular weight excluding hydrogens is 172 g/mol. The molecule has 3 atom stereocenters. The molecule has 1 heterocycles. The van der Waals surface area contributed by atoms with Gasteiger partial charge in [0.05, 0.1) is 6.04 Å². The molecule has 0 saturated carbocycles. The standard InChI is InChI=1S/C12H22N2/c1-4-6-12(5-2)14-8-7-11(13)9-10(14)3/h2,10-12H,4,6-9,13H2,1,3H3. The number of likely N-dealkylation sites (tertiary alicyclic amines) is 1. The lowest BCUT2D eigenvalue weighted by Crippen LogP contribution is -2.49. The van der Waals surface area contributed by atoms with Crippen molar-refractivity contribution in [3.63, 3.8) is 0 Å². The Morgan fingerprint density at radius 1 is 1.64 bits per heavy atom. The van der Waals surface area contributed by atoms with Crippen LogP contribution in [0.4, 0.5) is 0 Å². The van der Waals surface area contributed by atoms with Crippen LogP contribution >= 0.6 is 0 Å². The molecule has 1 fully saturated rings.